The van der Waals surface area contributed by atoms with Crippen LogP contribution < -0.4 is 16.2 Å². The molecular weight excluding hydrogens is 535 g/mol. The van der Waals surface area contributed by atoms with E-state index in [2.05, 4.69) is 19.8 Å². The number of aromatic amines is 1. The Hall–Kier alpha value is -4.44. The first-order valence-corrected chi connectivity index (χ1v) is 14.0. The van der Waals surface area contributed by atoms with Crippen molar-refractivity contribution in [3.8, 4) is 22.3 Å². The van der Waals surface area contributed by atoms with Crippen LogP contribution >= 0.6 is 0 Å². The number of nitrogens with one attached hydrogen (secondary N) is 1. The first-order valence-electron chi connectivity index (χ1n) is 14.0. The molecule has 9 nitrogen and oxygen atoms in total. The second-order valence-corrected chi connectivity index (χ2v) is 11.9. The van der Waals surface area contributed by atoms with Crippen molar-refractivity contribution in [3.63, 3.8) is 0 Å². The van der Waals surface area contributed by atoms with E-state index < -0.39 is 11.5 Å². The standard InChI is InChI=1S/C32H37FN6O3/c1-32(2,3)42-31(41)39-14-12-38(13-15-39)27-9-7-20(17-23(27)19-37(4)5)25-18-26(29(34)36-28(25)33)21-6-8-24-22(16-21)10-11-35-30(24)40/h6-11,16-18H,12-15,19H2,1-5H3,(H2,34,36)(H,35,40). The number of piperazine rings is 1. The van der Waals surface area contributed by atoms with Crippen molar-refractivity contribution in [2.45, 2.75) is 32.9 Å². The van der Waals surface area contributed by atoms with E-state index >= 15 is 4.39 Å². The van der Waals surface area contributed by atoms with Gasteiger partial charge in [0.2, 0.25) is 5.95 Å². The smallest absolute Gasteiger partial charge is 0.410 e. The summed E-state index contributed by atoms with van der Waals surface area (Å²) in [5.74, 6) is -0.573. The van der Waals surface area contributed by atoms with E-state index in [1.165, 1.54) is 0 Å². The first kappa shape index (κ1) is 29.1. The fourth-order valence-corrected chi connectivity index (χ4v) is 5.28. The zero-order valence-electron chi connectivity index (χ0n) is 24.7. The Labute approximate surface area is 244 Å². The highest BCUT2D eigenvalue weighted by Crippen LogP contribution is 2.35. The van der Waals surface area contributed by atoms with Crippen molar-refractivity contribution < 1.29 is 13.9 Å². The van der Waals surface area contributed by atoms with Gasteiger partial charge in [-0.3, -0.25) is 4.79 Å². The van der Waals surface area contributed by atoms with Gasteiger partial charge >= 0.3 is 6.09 Å². The molecule has 0 bridgehead atoms. The summed E-state index contributed by atoms with van der Waals surface area (Å²) in [6, 6.07) is 14.8. The van der Waals surface area contributed by atoms with Crippen molar-refractivity contribution in [1.82, 2.24) is 19.8 Å². The molecule has 3 N–H and O–H groups in total. The van der Waals surface area contributed by atoms with E-state index in [0.29, 0.717) is 54.8 Å². The number of hydrogen-bond donors (Lipinski definition) is 2. The van der Waals surface area contributed by atoms with Gasteiger partial charge < -0.3 is 30.2 Å². The summed E-state index contributed by atoms with van der Waals surface area (Å²) in [6.45, 7) is 8.66. The maximum Gasteiger partial charge on any atom is 0.410 e. The predicted molar refractivity (Wildman–Crippen MR) is 165 cm³/mol. The number of nitrogens with two attached hydrogens (primary N) is 1. The van der Waals surface area contributed by atoms with Gasteiger partial charge in [0.15, 0.2) is 0 Å². The molecule has 0 aliphatic carbocycles. The topological polar surface area (TPSA) is 108 Å². The van der Waals surface area contributed by atoms with Crippen LogP contribution in [0.25, 0.3) is 33.0 Å². The minimum Gasteiger partial charge on any atom is -0.444 e. The molecule has 1 aliphatic heterocycles. The molecule has 3 heterocycles. The van der Waals surface area contributed by atoms with Crippen molar-refractivity contribution in [1.29, 1.82) is 0 Å². The normalized spacial score (nSPS) is 14.1. The number of carbonyl (C=O) groups is 1. The number of halogens is 1. The molecule has 1 aliphatic rings. The summed E-state index contributed by atoms with van der Waals surface area (Å²) in [6.07, 6.45) is 1.29. The fraction of sp³-hybridized carbons (Fsp3) is 0.344. The molecular formula is C32H37FN6O3. The van der Waals surface area contributed by atoms with Gasteiger partial charge in [0.05, 0.1) is 0 Å². The number of pyridine rings is 2. The summed E-state index contributed by atoms with van der Waals surface area (Å²) >= 11 is 0. The minimum atomic E-state index is -0.650. The number of H-pyrrole nitrogens is 1. The molecule has 2 aromatic carbocycles. The van der Waals surface area contributed by atoms with Crippen molar-refractivity contribution in [2.24, 2.45) is 0 Å². The molecule has 5 rings (SSSR count). The lowest BCUT2D eigenvalue weighted by atomic mass is 9.97. The van der Waals surface area contributed by atoms with Crippen LogP contribution in [0.5, 0.6) is 0 Å². The van der Waals surface area contributed by atoms with Crippen LogP contribution in [-0.4, -0.2) is 71.7 Å². The molecule has 0 spiro atoms. The van der Waals surface area contributed by atoms with Crippen LogP contribution in [0.15, 0.2) is 59.5 Å². The highest BCUT2D eigenvalue weighted by Gasteiger charge is 2.27. The van der Waals surface area contributed by atoms with Crippen LogP contribution in [0.3, 0.4) is 0 Å². The molecule has 0 atom stereocenters. The van der Waals surface area contributed by atoms with Gasteiger partial charge in [0.1, 0.15) is 11.4 Å². The van der Waals surface area contributed by atoms with Crippen LogP contribution in [0.1, 0.15) is 26.3 Å². The zero-order valence-corrected chi connectivity index (χ0v) is 24.7. The Kier molecular flexibility index (Phi) is 7.92. The lowest BCUT2D eigenvalue weighted by Gasteiger charge is -2.37. The van der Waals surface area contributed by atoms with E-state index in [9.17, 15) is 9.59 Å². The van der Waals surface area contributed by atoms with Crippen molar-refractivity contribution >= 4 is 28.4 Å². The zero-order chi connectivity index (χ0) is 30.2. The summed E-state index contributed by atoms with van der Waals surface area (Å²) in [7, 11) is 3.98. The van der Waals surface area contributed by atoms with E-state index in [4.69, 9.17) is 10.5 Å². The average molecular weight is 573 g/mol. The summed E-state index contributed by atoms with van der Waals surface area (Å²) in [4.78, 5) is 37.5. The summed E-state index contributed by atoms with van der Waals surface area (Å²) in [5.41, 5.74) is 9.91. The Morgan fingerprint density at radius 2 is 1.71 bits per heavy atom. The Morgan fingerprint density at radius 1 is 1.02 bits per heavy atom. The lowest BCUT2D eigenvalue weighted by Crippen LogP contribution is -2.50. The second kappa shape index (κ2) is 11.4. The maximum absolute atomic E-state index is 15.3. The number of anilines is 2. The molecule has 4 aromatic rings. The fourth-order valence-electron chi connectivity index (χ4n) is 5.28. The van der Waals surface area contributed by atoms with Crippen molar-refractivity contribution in [2.75, 3.05) is 50.9 Å². The SMILES string of the molecule is CN(C)Cc1cc(-c2cc(-c3ccc4c(=O)[nH]ccc4c3)c(N)nc2F)ccc1N1CCN(C(=O)OC(C)(C)C)CC1. The highest BCUT2D eigenvalue weighted by atomic mass is 19.1. The number of carbonyl (C=O) groups excluding carboxylic acids is 1. The molecule has 0 saturated carbocycles. The van der Waals surface area contributed by atoms with Crippen LogP contribution in [0, 0.1) is 5.95 Å². The Bertz CT molecular complexity index is 1690. The predicted octanol–water partition coefficient (Wildman–Crippen LogP) is 5.10. The quantitative estimate of drug-likeness (QED) is 0.321. The third-order valence-corrected chi connectivity index (χ3v) is 7.24. The largest absolute Gasteiger partial charge is 0.444 e. The number of rotatable bonds is 5. The molecule has 2 aromatic heterocycles. The van der Waals surface area contributed by atoms with Crippen LogP contribution in [0.4, 0.5) is 20.7 Å². The number of nitrogen functional groups attached to an aromatic ring is 1. The summed E-state index contributed by atoms with van der Waals surface area (Å²) < 4.78 is 20.9. The maximum atomic E-state index is 15.3. The molecule has 1 saturated heterocycles. The van der Waals surface area contributed by atoms with E-state index in [1.807, 2.05) is 65.2 Å². The summed E-state index contributed by atoms with van der Waals surface area (Å²) in [5, 5.41) is 1.32. The van der Waals surface area contributed by atoms with Gasteiger partial charge in [-0.2, -0.15) is 4.39 Å². The second-order valence-electron chi connectivity index (χ2n) is 11.9. The van der Waals surface area contributed by atoms with Gasteiger partial charge in [0, 0.05) is 61.1 Å². The average Bonchev–Trinajstić information content (AvgIpc) is 2.92. The van der Waals surface area contributed by atoms with E-state index in [0.717, 1.165) is 22.2 Å². The number of aromatic nitrogens is 2. The van der Waals surface area contributed by atoms with Crippen LogP contribution in [0.2, 0.25) is 0 Å². The van der Waals surface area contributed by atoms with Gasteiger partial charge in [-0.25, -0.2) is 9.78 Å². The number of hydrogen-bond acceptors (Lipinski definition) is 7. The third-order valence-electron chi connectivity index (χ3n) is 7.24. The van der Waals surface area contributed by atoms with Crippen LogP contribution in [-0.2, 0) is 11.3 Å². The van der Waals surface area contributed by atoms with Gasteiger partial charge in [0.25, 0.3) is 5.56 Å². The molecule has 0 unspecified atom stereocenters. The third kappa shape index (κ3) is 6.23. The molecule has 10 heteroatoms. The van der Waals surface area contributed by atoms with E-state index in [1.54, 1.807) is 29.3 Å². The number of ether oxygens (including phenoxy) is 1. The van der Waals surface area contributed by atoms with Gasteiger partial charge in [-0.05, 0) is 93.3 Å². The number of benzene rings is 2. The highest BCUT2D eigenvalue weighted by molar-refractivity contribution is 5.89. The van der Waals surface area contributed by atoms with Gasteiger partial charge in [-0.15, -0.1) is 0 Å². The van der Waals surface area contributed by atoms with Crippen molar-refractivity contribution in [3.05, 3.63) is 76.6 Å². The molecule has 1 fully saturated rings. The molecule has 1 amide bonds. The lowest BCUT2D eigenvalue weighted by molar-refractivity contribution is 0.0240. The number of nitrogens with zero attached hydrogens (tertiary/aromatic N) is 4. The van der Waals surface area contributed by atoms with E-state index in [-0.39, 0.29) is 17.5 Å². The Morgan fingerprint density at radius 3 is 2.40 bits per heavy atom. The number of amides is 1. The monoisotopic (exact) mass is 572 g/mol. The number of fused-ring (bicyclic) bond motifs is 1. The first-order chi connectivity index (χ1) is 19.9. The molecule has 42 heavy (non-hydrogen) atoms. The molecule has 220 valence electrons. The Balaban J connectivity index is 1.46. The minimum absolute atomic E-state index is 0.0773. The van der Waals surface area contributed by atoms with Gasteiger partial charge in [-0.1, -0.05) is 12.1 Å². The molecule has 0 radical (unpaired) electrons.